The Morgan fingerprint density at radius 1 is 1.00 bits per heavy atom. The number of amides is 2. The smallest absolute Gasteiger partial charge is 0.244 e. The maximum atomic E-state index is 14.1. The third-order valence-electron chi connectivity index (χ3n) is 4.80. The second-order valence-electron chi connectivity index (χ2n) is 6.84. The number of hydrogen-bond acceptors (Lipinski definition) is 3. The van der Waals surface area contributed by atoms with Crippen molar-refractivity contribution in [1.29, 1.82) is 0 Å². The molecule has 1 saturated heterocycles. The zero-order valence-corrected chi connectivity index (χ0v) is 15.5. The van der Waals surface area contributed by atoms with E-state index in [0.717, 1.165) is 13.1 Å². The summed E-state index contributed by atoms with van der Waals surface area (Å²) in [6.45, 7) is 1.17. The lowest BCUT2D eigenvalue weighted by Crippen LogP contribution is -2.44. The third-order valence-corrected chi connectivity index (χ3v) is 4.80. The molecule has 0 atom stereocenters. The van der Waals surface area contributed by atoms with Crippen LogP contribution >= 0.6 is 0 Å². The standard InChI is InChI=1S/C21H23F2N3O2/c22-17-6-2-1-5-16(17)13-26(21(28)15-9-11-24-12-10-15)14-20(27)25-19-8-4-3-7-18(19)23/h1-8,15,24H,9-14H2,(H,25,27). The summed E-state index contributed by atoms with van der Waals surface area (Å²) in [6.07, 6.45) is 1.34. The first kappa shape index (κ1) is 19.9. The van der Waals surface area contributed by atoms with Gasteiger partial charge in [0.1, 0.15) is 18.2 Å². The van der Waals surface area contributed by atoms with Crippen LogP contribution in [0.1, 0.15) is 18.4 Å². The van der Waals surface area contributed by atoms with Gasteiger partial charge in [0.25, 0.3) is 0 Å². The molecule has 0 spiro atoms. The molecule has 0 aliphatic carbocycles. The van der Waals surface area contributed by atoms with Crippen molar-refractivity contribution in [3.8, 4) is 0 Å². The predicted octanol–water partition coefficient (Wildman–Crippen LogP) is 2.93. The van der Waals surface area contributed by atoms with Crippen LogP contribution in [0.25, 0.3) is 0 Å². The van der Waals surface area contributed by atoms with Crippen LogP contribution in [0.3, 0.4) is 0 Å². The van der Waals surface area contributed by atoms with Crippen molar-refractivity contribution < 1.29 is 18.4 Å². The Hall–Kier alpha value is -2.80. The van der Waals surface area contributed by atoms with E-state index in [-0.39, 0.29) is 30.6 Å². The van der Waals surface area contributed by atoms with Crippen molar-refractivity contribution in [3.63, 3.8) is 0 Å². The van der Waals surface area contributed by atoms with E-state index >= 15 is 0 Å². The van der Waals surface area contributed by atoms with E-state index in [4.69, 9.17) is 0 Å². The first-order valence-electron chi connectivity index (χ1n) is 9.32. The lowest BCUT2D eigenvalue weighted by molar-refractivity contribution is -0.139. The molecule has 0 saturated carbocycles. The van der Waals surface area contributed by atoms with Gasteiger partial charge in [-0.2, -0.15) is 0 Å². The third kappa shape index (κ3) is 5.13. The van der Waals surface area contributed by atoms with Gasteiger partial charge in [0.15, 0.2) is 0 Å². The first-order chi connectivity index (χ1) is 13.5. The second-order valence-corrected chi connectivity index (χ2v) is 6.84. The number of halogens is 2. The molecule has 0 bridgehead atoms. The minimum Gasteiger partial charge on any atom is -0.329 e. The van der Waals surface area contributed by atoms with Crippen LogP contribution in [-0.4, -0.2) is 36.3 Å². The number of nitrogens with one attached hydrogen (secondary N) is 2. The molecule has 2 aromatic carbocycles. The summed E-state index contributed by atoms with van der Waals surface area (Å²) < 4.78 is 27.9. The van der Waals surface area contributed by atoms with Crippen LogP contribution in [0.5, 0.6) is 0 Å². The summed E-state index contributed by atoms with van der Waals surface area (Å²) >= 11 is 0. The SMILES string of the molecule is O=C(CN(Cc1ccccc1F)C(=O)C1CCNCC1)Nc1ccccc1F. The molecule has 5 nitrogen and oxygen atoms in total. The second kappa shape index (κ2) is 9.41. The fraction of sp³-hybridized carbons (Fsp3) is 0.333. The highest BCUT2D eigenvalue weighted by Crippen LogP contribution is 2.19. The number of para-hydroxylation sites is 1. The molecule has 0 radical (unpaired) electrons. The number of rotatable bonds is 6. The van der Waals surface area contributed by atoms with Crippen molar-refractivity contribution in [2.45, 2.75) is 19.4 Å². The zero-order valence-electron chi connectivity index (χ0n) is 15.5. The van der Waals surface area contributed by atoms with Crippen molar-refractivity contribution in [1.82, 2.24) is 10.2 Å². The number of hydrogen-bond donors (Lipinski definition) is 2. The van der Waals surface area contributed by atoms with Gasteiger partial charge in [-0.1, -0.05) is 30.3 Å². The van der Waals surface area contributed by atoms with Gasteiger partial charge in [0.05, 0.1) is 5.69 Å². The fourth-order valence-electron chi connectivity index (χ4n) is 3.30. The highest BCUT2D eigenvalue weighted by Gasteiger charge is 2.28. The van der Waals surface area contributed by atoms with Crippen molar-refractivity contribution in [2.75, 3.05) is 25.0 Å². The number of piperidine rings is 1. The summed E-state index contributed by atoms with van der Waals surface area (Å²) in [4.78, 5) is 26.8. The molecule has 2 amide bonds. The first-order valence-corrected chi connectivity index (χ1v) is 9.32. The van der Waals surface area contributed by atoms with E-state index in [9.17, 15) is 18.4 Å². The average molecular weight is 387 g/mol. The van der Waals surface area contributed by atoms with Crippen molar-refractivity contribution in [3.05, 3.63) is 65.7 Å². The number of carbonyl (C=O) groups excluding carboxylic acids is 2. The average Bonchev–Trinajstić information content (AvgIpc) is 2.71. The molecule has 0 aromatic heterocycles. The number of anilines is 1. The summed E-state index contributed by atoms with van der Waals surface area (Å²) in [6, 6.07) is 12.0. The highest BCUT2D eigenvalue weighted by molar-refractivity contribution is 5.94. The van der Waals surface area contributed by atoms with Crippen LogP contribution in [0.2, 0.25) is 0 Å². The number of benzene rings is 2. The molecule has 0 unspecified atom stereocenters. The van der Waals surface area contributed by atoms with Gasteiger partial charge < -0.3 is 15.5 Å². The van der Waals surface area contributed by atoms with Crippen LogP contribution in [0.15, 0.2) is 48.5 Å². The molecule has 3 rings (SSSR count). The molecule has 28 heavy (non-hydrogen) atoms. The molecule has 1 fully saturated rings. The van der Waals surface area contributed by atoms with Crippen molar-refractivity contribution in [2.24, 2.45) is 5.92 Å². The van der Waals surface area contributed by atoms with Crippen LogP contribution in [-0.2, 0) is 16.1 Å². The Bertz CT molecular complexity index is 838. The van der Waals surface area contributed by atoms with E-state index in [0.29, 0.717) is 18.4 Å². The van der Waals surface area contributed by atoms with Crippen LogP contribution in [0.4, 0.5) is 14.5 Å². The van der Waals surface area contributed by atoms with Crippen LogP contribution in [0, 0.1) is 17.6 Å². The lowest BCUT2D eigenvalue weighted by Gasteiger charge is -2.29. The van der Waals surface area contributed by atoms with Gasteiger partial charge in [-0.25, -0.2) is 8.78 Å². The van der Waals surface area contributed by atoms with E-state index in [1.54, 1.807) is 24.3 Å². The minimum atomic E-state index is -0.554. The largest absolute Gasteiger partial charge is 0.329 e. The molecule has 1 aliphatic rings. The molecule has 2 N–H and O–H groups in total. The number of carbonyl (C=O) groups is 2. The minimum absolute atomic E-state index is 0.0138. The Morgan fingerprint density at radius 3 is 2.32 bits per heavy atom. The Labute approximate surface area is 162 Å². The molecule has 1 aliphatic heterocycles. The molecular weight excluding hydrogens is 364 g/mol. The number of nitrogens with zero attached hydrogens (tertiary/aromatic N) is 1. The van der Waals surface area contributed by atoms with Gasteiger partial charge in [0, 0.05) is 18.0 Å². The van der Waals surface area contributed by atoms with E-state index in [2.05, 4.69) is 10.6 Å². The summed E-state index contributed by atoms with van der Waals surface area (Å²) in [5, 5.41) is 5.68. The van der Waals surface area contributed by atoms with Gasteiger partial charge in [-0.3, -0.25) is 9.59 Å². The maximum Gasteiger partial charge on any atom is 0.244 e. The maximum absolute atomic E-state index is 14.1. The Kier molecular flexibility index (Phi) is 6.71. The molecule has 2 aromatic rings. The quantitative estimate of drug-likeness (QED) is 0.801. The normalized spacial score (nSPS) is 14.5. The highest BCUT2D eigenvalue weighted by atomic mass is 19.1. The zero-order chi connectivity index (χ0) is 19.9. The van der Waals surface area contributed by atoms with Gasteiger partial charge in [0.2, 0.25) is 11.8 Å². The fourth-order valence-corrected chi connectivity index (χ4v) is 3.30. The Morgan fingerprint density at radius 2 is 1.64 bits per heavy atom. The summed E-state index contributed by atoms with van der Waals surface area (Å²) in [5.74, 6) is -1.91. The van der Waals surface area contributed by atoms with E-state index in [1.165, 1.54) is 29.2 Å². The topological polar surface area (TPSA) is 61.4 Å². The molecule has 148 valence electrons. The molecule has 1 heterocycles. The van der Waals surface area contributed by atoms with Gasteiger partial charge in [-0.15, -0.1) is 0 Å². The lowest BCUT2D eigenvalue weighted by atomic mass is 9.96. The van der Waals surface area contributed by atoms with E-state index in [1.807, 2.05) is 0 Å². The Balaban J connectivity index is 1.75. The summed E-state index contributed by atoms with van der Waals surface area (Å²) in [5.41, 5.74) is 0.385. The van der Waals surface area contributed by atoms with Gasteiger partial charge >= 0.3 is 0 Å². The summed E-state index contributed by atoms with van der Waals surface area (Å²) in [7, 11) is 0. The van der Waals surface area contributed by atoms with Gasteiger partial charge in [-0.05, 0) is 44.1 Å². The van der Waals surface area contributed by atoms with Crippen LogP contribution < -0.4 is 10.6 Å². The van der Waals surface area contributed by atoms with E-state index < -0.39 is 17.5 Å². The van der Waals surface area contributed by atoms with Crippen molar-refractivity contribution >= 4 is 17.5 Å². The monoisotopic (exact) mass is 387 g/mol. The predicted molar refractivity (Wildman–Crippen MR) is 102 cm³/mol. The molecule has 7 heteroatoms. The molecular formula is C21H23F2N3O2.